The Balaban J connectivity index is 1.11. The van der Waals surface area contributed by atoms with Gasteiger partial charge >= 0.3 is 0 Å². The molecule has 2 N–H and O–H groups in total. The summed E-state index contributed by atoms with van der Waals surface area (Å²) in [4.78, 5) is 63.4. The summed E-state index contributed by atoms with van der Waals surface area (Å²) >= 11 is 0. The topological polar surface area (TPSA) is 119 Å². The number of nitrogens with one attached hydrogen (secondary N) is 1. The number of carbonyl (C=O) groups excluding carboxylic acids is 4. The number of rotatable bonds is 8. The third-order valence-electron chi connectivity index (χ3n) is 13.1. The Morgan fingerprint density at radius 2 is 1.52 bits per heavy atom. The highest BCUT2D eigenvalue weighted by atomic mass is 16.5. The number of methoxy groups -OCH3 is 1. The van der Waals surface area contributed by atoms with Crippen molar-refractivity contribution >= 4 is 29.3 Å². The van der Waals surface area contributed by atoms with Gasteiger partial charge in [-0.15, -0.1) is 0 Å². The molecular formula is C46H46N4O6. The van der Waals surface area contributed by atoms with Gasteiger partial charge < -0.3 is 9.84 Å². The molecule has 3 heterocycles. The Morgan fingerprint density at radius 3 is 2.21 bits per heavy atom. The molecule has 0 aromatic heterocycles. The molecule has 4 aromatic rings. The van der Waals surface area contributed by atoms with E-state index in [0.717, 1.165) is 30.8 Å². The molecule has 0 spiro atoms. The number of amides is 4. The van der Waals surface area contributed by atoms with Crippen molar-refractivity contribution in [2.24, 2.45) is 23.7 Å². The van der Waals surface area contributed by atoms with E-state index in [1.54, 1.807) is 23.1 Å². The Bertz CT molecular complexity index is 2220. The van der Waals surface area contributed by atoms with Crippen LogP contribution in [0.2, 0.25) is 0 Å². The van der Waals surface area contributed by atoms with Crippen LogP contribution in [-0.4, -0.2) is 69.8 Å². The van der Waals surface area contributed by atoms with Crippen LogP contribution in [0.15, 0.2) is 115 Å². The summed E-state index contributed by atoms with van der Waals surface area (Å²) in [5.74, 6) is -4.10. The molecule has 5 aliphatic rings. The first kappa shape index (κ1) is 35.9. The molecule has 4 amide bonds. The fourth-order valence-corrected chi connectivity index (χ4v) is 10.6. The highest BCUT2D eigenvalue weighted by molar-refractivity contribution is 6.13. The lowest BCUT2D eigenvalue weighted by molar-refractivity contribution is -0.144. The van der Waals surface area contributed by atoms with Crippen LogP contribution in [0.25, 0.3) is 0 Å². The Kier molecular flexibility index (Phi) is 9.04. The van der Waals surface area contributed by atoms with Gasteiger partial charge in [-0.25, -0.2) is 0 Å². The van der Waals surface area contributed by atoms with Crippen LogP contribution in [0.3, 0.4) is 0 Å². The van der Waals surface area contributed by atoms with E-state index in [9.17, 15) is 19.5 Å². The molecule has 0 bridgehead atoms. The minimum absolute atomic E-state index is 0.0508. The van der Waals surface area contributed by atoms with Crippen molar-refractivity contribution in [2.45, 2.75) is 56.5 Å². The van der Waals surface area contributed by atoms with Gasteiger partial charge in [-0.3, -0.25) is 34.4 Å². The summed E-state index contributed by atoms with van der Waals surface area (Å²) in [5, 5.41) is 11.9. The maximum absolute atomic E-state index is 15.4. The minimum atomic E-state index is -1.40. The first-order valence-electron chi connectivity index (χ1n) is 19.7. The number of hydrazine groups is 1. The number of imide groups is 2. The monoisotopic (exact) mass is 750 g/mol. The Hall–Kier alpha value is -5.74. The predicted octanol–water partition coefficient (Wildman–Crippen LogP) is 6.36. The molecule has 286 valence electrons. The molecule has 6 atom stereocenters. The van der Waals surface area contributed by atoms with Gasteiger partial charge in [0.1, 0.15) is 0 Å². The van der Waals surface area contributed by atoms with Crippen LogP contribution < -0.4 is 10.2 Å². The number of piperidine rings is 1. The molecule has 0 unspecified atom stereocenters. The maximum Gasteiger partial charge on any atom is 0.260 e. The first-order chi connectivity index (χ1) is 27.2. The van der Waals surface area contributed by atoms with Gasteiger partial charge in [-0.05, 0) is 79.5 Å². The average Bonchev–Trinajstić information content (AvgIpc) is 3.60. The normalized spacial score (nSPS) is 27.8. The van der Waals surface area contributed by atoms with E-state index >= 15 is 4.79 Å². The molecule has 10 heteroatoms. The maximum atomic E-state index is 15.4. The molecule has 3 aliphatic heterocycles. The molecular weight excluding hydrogens is 705 g/mol. The Morgan fingerprint density at radius 1 is 0.821 bits per heavy atom. The van der Waals surface area contributed by atoms with Crippen molar-refractivity contribution in [3.05, 3.63) is 137 Å². The zero-order valence-corrected chi connectivity index (χ0v) is 31.6. The van der Waals surface area contributed by atoms with Gasteiger partial charge in [0.15, 0.2) is 11.5 Å². The van der Waals surface area contributed by atoms with E-state index in [1.807, 2.05) is 79.7 Å². The highest BCUT2D eigenvalue weighted by Gasteiger charge is 2.70. The lowest BCUT2D eigenvalue weighted by Gasteiger charge is -2.50. The molecule has 0 radical (unpaired) electrons. The second kappa shape index (κ2) is 14.1. The van der Waals surface area contributed by atoms with E-state index in [4.69, 9.17) is 4.74 Å². The van der Waals surface area contributed by atoms with E-state index in [0.29, 0.717) is 36.1 Å². The number of phenolic OH excluding ortho intramolecular Hbond substituents is 1. The number of nitrogens with zero attached hydrogens (tertiary/aromatic N) is 3. The van der Waals surface area contributed by atoms with Gasteiger partial charge in [0.2, 0.25) is 11.8 Å². The molecule has 1 saturated carbocycles. The number of benzene rings is 4. The average molecular weight is 751 g/mol. The van der Waals surface area contributed by atoms with Crippen LogP contribution >= 0.6 is 0 Å². The van der Waals surface area contributed by atoms with Crippen molar-refractivity contribution in [3.63, 3.8) is 0 Å². The minimum Gasteiger partial charge on any atom is -0.504 e. The summed E-state index contributed by atoms with van der Waals surface area (Å²) in [5.41, 5.74) is 6.87. The second-order valence-electron chi connectivity index (χ2n) is 16.1. The molecule has 4 fully saturated rings. The zero-order chi connectivity index (χ0) is 38.7. The number of likely N-dealkylation sites (tertiary alicyclic amines) is 2. The van der Waals surface area contributed by atoms with Gasteiger partial charge in [0.25, 0.3) is 11.8 Å². The molecule has 3 saturated heterocycles. The largest absolute Gasteiger partial charge is 0.504 e. The molecule has 10 nitrogen and oxygen atoms in total. The fraction of sp³-hybridized carbons (Fsp3) is 0.348. The second-order valence-corrected chi connectivity index (χ2v) is 16.1. The number of fused-ring (bicyclic) bond motifs is 4. The van der Waals surface area contributed by atoms with Gasteiger partial charge in [0, 0.05) is 31.6 Å². The lowest BCUT2D eigenvalue weighted by Crippen LogP contribution is -2.53. The number of anilines is 1. The van der Waals surface area contributed by atoms with Gasteiger partial charge in [0.05, 0.1) is 36.0 Å². The van der Waals surface area contributed by atoms with Gasteiger partial charge in [-0.1, -0.05) is 96.1 Å². The van der Waals surface area contributed by atoms with Crippen LogP contribution in [-0.2, 0) is 31.1 Å². The van der Waals surface area contributed by atoms with Crippen molar-refractivity contribution in [1.29, 1.82) is 0 Å². The van der Waals surface area contributed by atoms with Crippen LogP contribution in [0, 0.1) is 30.6 Å². The summed E-state index contributed by atoms with van der Waals surface area (Å²) in [7, 11) is 1.48. The lowest BCUT2D eigenvalue weighted by atomic mass is 9.49. The summed E-state index contributed by atoms with van der Waals surface area (Å²) in [6.45, 7) is 4.36. The standard InChI is InChI=1S/C46H46N4O6/c1-28-13-16-32(17-14-28)47-50-43(53)37-26-36-34(41(30-15-20-38(51)39(25-30)56-2)46(37,45(50)55)31-11-7-4-8-12-31)18-19-35-40(36)44(54)49(42(35)52)33-21-23-48(24-22-33)27-29-9-5-3-6-10-29/h3-18,20,25,33,35-37,40-41,47,51H,19,21-24,26-27H2,1-2H3/t35-,36+,37-,40-,41-,46+/m0/s1. The predicted molar refractivity (Wildman–Crippen MR) is 210 cm³/mol. The van der Waals surface area contributed by atoms with Gasteiger partial charge in [-0.2, -0.15) is 5.01 Å². The molecule has 2 aliphatic carbocycles. The number of hydrogen-bond acceptors (Lipinski definition) is 8. The van der Waals surface area contributed by atoms with Crippen LogP contribution in [0.1, 0.15) is 53.9 Å². The van der Waals surface area contributed by atoms with Crippen molar-refractivity contribution in [2.75, 3.05) is 25.6 Å². The van der Waals surface area contributed by atoms with Crippen molar-refractivity contribution in [3.8, 4) is 11.5 Å². The summed E-state index contributed by atoms with van der Waals surface area (Å²) in [6, 6.07) is 32.2. The number of allylic oxidation sites excluding steroid dienone is 2. The third kappa shape index (κ3) is 5.64. The van der Waals surface area contributed by atoms with Crippen LogP contribution in [0.4, 0.5) is 5.69 Å². The number of aryl methyl sites for hydroxylation is 1. The summed E-state index contributed by atoms with van der Waals surface area (Å²) in [6.07, 6.45) is 4.07. The number of hydrogen-bond donors (Lipinski definition) is 2. The van der Waals surface area contributed by atoms with Crippen molar-refractivity contribution in [1.82, 2.24) is 14.8 Å². The molecule has 9 rings (SSSR count). The first-order valence-corrected chi connectivity index (χ1v) is 19.7. The SMILES string of the molecule is COc1cc([C@H]2C3=CC[C@@H]4C(=O)N(C5CCN(Cc6ccccc6)CC5)C(=O)[C@@H]4[C@@H]3C[C@H]3C(=O)N(Nc4ccc(C)cc4)C(=O)[C@@]23c2ccccc2)ccc1O. The molecule has 56 heavy (non-hydrogen) atoms. The van der Waals surface area contributed by atoms with Crippen LogP contribution in [0.5, 0.6) is 11.5 Å². The van der Waals surface area contributed by atoms with E-state index in [1.165, 1.54) is 17.7 Å². The van der Waals surface area contributed by atoms with E-state index < -0.39 is 40.9 Å². The summed E-state index contributed by atoms with van der Waals surface area (Å²) < 4.78 is 5.59. The quantitative estimate of drug-likeness (QED) is 0.158. The smallest absolute Gasteiger partial charge is 0.260 e. The highest BCUT2D eigenvalue weighted by Crippen LogP contribution is 2.64. The zero-order valence-electron chi connectivity index (χ0n) is 31.6. The number of phenols is 1. The molecule has 4 aromatic carbocycles. The Labute approximate surface area is 326 Å². The van der Waals surface area contributed by atoms with E-state index in [2.05, 4.69) is 28.5 Å². The van der Waals surface area contributed by atoms with Crippen molar-refractivity contribution < 1.29 is 29.0 Å². The fourth-order valence-electron chi connectivity index (χ4n) is 10.6. The third-order valence-corrected chi connectivity index (χ3v) is 13.1. The number of aromatic hydroxyl groups is 1. The number of carbonyl (C=O) groups is 4. The van der Waals surface area contributed by atoms with E-state index in [-0.39, 0.29) is 41.7 Å². The number of ether oxygens (including phenoxy) is 1.